The third-order valence-electron chi connectivity index (χ3n) is 6.64. The van der Waals surface area contributed by atoms with Crippen LogP contribution in [0.1, 0.15) is 49.4 Å². The van der Waals surface area contributed by atoms with Crippen molar-refractivity contribution in [2.75, 3.05) is 13.2 Å². The van der Waals surface area contributed by atoms with E-state index in [4.69, 9.17) is 21.5 Å². The number of carbonyl (C=O) groups is 1. The number of aliphatic hydroxyl groups is 1. The number of nitriles is 1. The molecule has 10 heteroatoms. The summed E-state index contributed by atoms with van der Waals surface area (Å²) >= 11 is 5.70. The molecule has 0 bridgehead atoms. The number of aromatic nitrogens is 2. The van der Waals surface area contributed by atoms with Crippen molar-refractivity contribution in [1.82, 2.24) is 20.4 Å². The smallest absolute Gasteiger partial charge is 0.258 e. The first-order chi connectivity index (χ1) is 17.9. The first-order valence-corrected chi connectivity index (χ1v) is 12.7. The summed E-state index contributed by atoms with van der Waals surface area (Å²) in [6.07, 6.45) is 1.94. The summed E-state index contributed by atoms with van der Waals surface area (Å²) in [5.74, 6) is 1.29. The number of nitrogens with one attached hydrogen (secondary N) is 1. The molecule has 1 fully saturated rings. The quantitative estimate of drug-likeness (QED) is 0.341. The topological polar surface area (TPSA) is 125 Å². The Balaban J connectivity index is 1.43. The number of hydrogen-bond acceptors (Lipinski definition) is 8. The highest BCUT2D eigenvalue weighted by molar-refractivity contribution is 7.80. The normalized spacial score (nSPS) is 18.1. The predicted molar refractivity (Wildman–Crippen MR) is 140 cm³/mol. The van der Waals surface area contributed by atoms with Crippen LogP contribution in [0.2, 0.25) is 0 Å². The molecule has 3 aromatic rings. The van der Waals surface area contributed by atoms with E-state index >= 15 is 0 Å². The van der Waals surface area contributed by atoms with Gasteiger partial charge in [-0.15, -0.1) is 0 Å². The van der Waals surface area contributed by atoms with Gasteiger partial charge in [0.15, 0.2) is 0 Å². The van der Waals surface area contributed by atoms with Crippen molar-refractivity contribution >= 4 is 23.1 Å². The number of thiocarbonyl (C=S) groups is 1. The lowest BCUT2D eigenvalue weighted by Gasteiger charge is -2.38. The minimum Gasteiger partial charge on any atom is -0.490 e. The van der Waals surface area contributed by atoms with E-state index in [0.717, 1.165) is 29.5 Å². The Hall–Kier alpha value is -3.81. The minimum absolute atomic E-state index is 0.00911. The lowest BCUT2D eigenvalue weighted by Crippen LogP contribution is -2.57. The third kappa shape index (κ3) is 4.80. The lowest BCUT2D eigenvalue weighted by atomic mass is 9.99. The van der Waals surface area contributed by atoms with Gasteiger partial charge in [0.2, 0.25) is 11.7 Å². The van der Waals surface area contributed by atoms with Crippen LogP contribution >= 0.6 is 12.2 Å². The highest BCUT2D eigenvalue weighted by atomic mass is 32.1. The molecule has 9 nitrogen and oxygen atoms in total. The summed E-state index contributed by atoms with van der Waals surface area (Å²) in [4.78, 5) is 18.7. The van der Waals surface area contributed by atoms with E-state index in [1.54, 1.807) is 18.2 Å². The number of hydrogen-bond donors (Lipinski definition) is 2. The Kier molecular flexibility index (Phi) is 6.91. The van der Waals surface area contributed by atoms with E-state index in [1.807, 2.05) is 30.9 Å². The SMILES string of the molecule is CC(C)Oc1ccc(-c2nc(-c3cccc4c3CC[C@@H]4N(CCO)C(=S)[C@@H]3CC(=O)N3)no2)cc1C#N. The molecule has 0 saturated carbocycles. The molecule has 1 aliphatic carbocycles. The molecule has 190 valence electrons. The van der Waals surface area contributed by atoms with E-state index in [9.17, 15) is 15.2 Å². The zero-order valence-electron chi connectivity index (χ0n) is 20.6. The fraction of sp³-hybridized carbons (Fsp3) is 0.370. The van der Waals surface area contributed by atoms with Gasteiger partial charge in [0.05, 0.1) is 36.8 Å². The summed E-state index contributed by atoms with van der Waals surface area (Å²) in [5, 5.41) is 26.4. The molecule has 2 heterocycles. The fourth-order valence-electron chi connectivity index (χ4n) is 4.96. The van der Waals surface area contributed by atoms with Crippen molar-refractivity contribution in [2.24, 2.45) is 0 Å². The number of amides is 1. The van der Waals surface area contributed by atoms with Crippen LogP contribution in [0.4, 0.5) is 0 Å². The monoisotopic (exact) mass is 517 g/mol. The van der Waals surface area contributed by atoms with Gasteiger partial charge in [0, 0.05) is 17.7 Å². The maximum absolute atomic E-state index is 11.4. The number of aliphatic hydroxyl groups excluding tert-OH is 1. The number of rotatable bonds is 8. The van der Waals surface area contributed by atoms with Gasteiger partial charge in [0.25, 0.3) is 5.89 Å². The number of ether oxygens (including phenoxy) is 1. The van der Waals surface area contributed by atoms with Crippen molar-refractivity contribution < 1.29 is 19.2 Å². The van der Waals surface area contributed by atoms with Gasteiger partial charge in [-0.25, -0.2) is 0 Å². The Labute approximate surface area is 220 Å². The Morgan fingerprint density at radius 1 is 1.38 bits per heavy atom. The molecule has 5 rings (SSSR count). The van der Waals surface area contributed by atoms with Crippen LogP contribution in [0, 0.1) is 11.3 Å². The van der Waals surface area contributed by atoms with E-state index in [0.29, 0.717) is 46.5 Å². The lowest BCUT2D eigenvalue weighted by molar-refractivity contribution is -0.126. The molecule has 2 N–H and O–H groups in total. The van der Waals surface area contributed by atoms with Crippen LogP contribution in [0.15, 0.2) is 40.9 Å². The van der Waals surface area contributed by atoms with E-state index in [2.05, 4.69) is 27.6 Å². The predicted octanol–water partition coefficient (Wildman–Crippen LogP) is 3.56. The van der Waals surface area contributed by atoms with Gasteiger partial charge in [-0.05, 0) is 56.0 Å². The average molecular weight is 518 g/mol. The van der Waals surface area contributed by atoms with Crippen LogP contribution in [0.25, 0.3) is 22.8 Å². The van der Waals surface area contributed by atoms with E-state index in [1.165, 1.54) is 0 Å². The van der Waals surface area contributed by atoms with Gasteiger partial charge in [-0.3, -0.25) is 4.79 Å². The van der Waals surface area contributed by atoms with Crippen molar-refractivity contribution in [3.8, 4) is 34.7 Å². The number of carbonyl (C=O) groups excluding carboxylic acids is 1. The maximum atomic E-state index is 11.4. The molecular formula is C27H27N5O4S. The molecule has 0 spiro atoms. The van der Waals surface area contributed by atoms with E-state index in [-0.39, 0.29) is 30.7 Å². The second-order valence-corrected chi connectivity index (χ2v) is 9.84. The van der Waals surface area contributed by atoms with Crippen LogP contribution < -0.4 is 10.1 Å². The Morgan fingerprint density at radius 3 is 2.89 bits per heavy atom. The first kappa shape index (κ1) is 24.9. The van der Waals surface area contributed by atoms with Crippen LogP contribution in [-0.2, 0) is 11.2 Å². The van der Waals surface area contributed by atoms with Gasteiger partial charge < -0.3 is 24.6 Å². The largest absolute Gasteiger partial charge is 0.490 e. The van der Waals surface area contributed by atoms with Crippen LogP contribution in [-0.4, -0.2) is 56.3 Å². The molecule has 2 aliphatic rings. The van der Waals surface area contributed by atoms with E-state index < -0.39 is 0 Å². The number of β-lactam (4-membered cyclic amide) rings is 1. The van der Waals surface area contributed by atoms with Crippen LogP contribution in [0.5, 0.6) is 5.75 Å². The second kappa shape index (κ2) is 10.3. The molecule has 0 radical (unpaired) electrons. The van der Waals surface area contributed by atoms with Crippen LogP contribution in [0.3, 0.4) is 0 Å². The third-order valence-corrected chi connectivity index (χ3v) is 7.16. The van der Waals surface area contributed by atoms with Crippen molar-refractivity contribution in [3.05, 3.63) is 53.1 Å². The molecule has 37 heavy (non-hydrogen) atoms. The molecule has 0 unspecified atom stereocenters. The zero-order chi connectivity index (χ0) is 26.1. The van der Waals surface area contributed by atoms with Crippen molar-refractivity contribution in [1.29, 1.82) is 5.26 Å². The summed E-state index contributed by atoms with van der Waals surface area (Å²) in [7, 11) is 0. The molecule has 2 atom stereocenters. The summed E-state index contributed by atoms with van der Waals surface area (Å²) in [6, 6.07) is 13.2. The maximum Gasteiger partial charge on any atom is 0.258 e. The first-order valence-electron chi connectivity index (χ1n) is 12.3. The van der Waals surface area contributed by atoms with Gasteiger partial charge in [-0.1, -0.05) is 35.6 Å². The van der Waals surface area contributed by atoms with Gasteiger partial charge in [-0.2, -0.15) is 10.2 Å². The Morgan fingerprint density at radius 2 is 2.19 bits per heavy atom. The van der Waals surface area contributed by atoms with Crippen molar-refractivity contribution in [3.63, 3.8) is 0 Å². The van der Waals surface area contributed by atoms with Crippen molar-refractivity contribution in [2.45, 2.75) is 51.3 Å². The molecule has 1 saturated heterocycles. The summed E-state index contributed by atoms with van der Waals surface area (Å²) in [5.41, 5.74) is 4.13. The highest BCUT2D eigenvalue weighted by Gasteiger charge is 2.37. The number of fused-ring (bicyclic) bond motifs is 1. The standard InChI is InChI=1S/C27H27N5O4S/c1-15(2)35-23-9-6-16(12-17(23)14-28)26-30-25(31-36-26)20-5-3-4-19-18(20)7-8-22(19)32(10-11-33)27(37)21-13-24(34)29-21/h3-6,9,12,15,21-22,33H,7-8,10-11,13H2,1-2H3,(H,29,34)/t21-,22-/m0/s1. The Bertz CT molecular complexity index is 1390. The van der Waals surface area contributed by atoms with Gasteiger partial charge >= 0.3 is 0 Å². The number of nitrogens with zero attached hydrogens (tertiary/aromatic N) is 4. The molecule has 1 aromatic heterocycles. The summed E-state index contributed by atoms with van der Waals surface area (Å²) < 4.78 is 11.3. The minimum atomic E-state index is -0.170. The fourth-order valence-corrected chi connectivity index (χ4v) is 5.32. The summed E-state index contributed by atoms with van der Waals surface area (Å²) in [6.45, 7) is 4.17. The average Bonchev–Trinajstić information content (AvgIpc) is 3.53. The second-order valence-electron chi connectivity index (χ2n) is 9.42. The molecule has 2 aromatic carbocycles. The van der Waals surface area contributed by atoms with Gasteiger partial charge in [0.1, 0.15) is 16.8 Å². The zero-order valence-corrected chi connectivity index (χ0v) is 21.4. The molecule has 1 aliphatic heterocycles. The molecule has 1 amide bonds. The number of benzene rings is 2. The highest BCUT2D eigenvalue weighted by Crippen LogP contribution is 2.41. The molecular weight excluding hydrogens is 490 g/mol.